The maximum atomic E-state index is 12.1. The summed E-state index contributed by atoms with van der Waals surface area (Å²) >= 11 is 0. The smallest absolute Gasteiger partial charge is 0.308 e. The number of carboxylic acids is 1. The second-order valence-corrected chi connectivity index (χ2v) is 5.61. The Hall–Kier alpha value is -2.83. The van der Waals surface area contributed by atoms with Gasteiger partial charge in [-0.05, 0) is 38.0 Å². The van der Waals surface area contributed by atoms with E-state index in [0.717, 1.165) is 11.3 Å². The molecule has 1 aromatic heterocycles. The highest BCUT2D eigenvalue weighted by atomic mass is 16.5. The van der Waals surface area contributed by atoms with E-state index in [1.807, 2.05) is 38.1 Å². The number of aliphatic carboxylic acids is 1. The molecular weight excluding hydrogens is 322 g/mol. The first kappa shape index (κ1) is 18.5. The van der Waals surface area contributed by atoms with Gasteiger partial charge in [0.05, 0.1) is 24.3 Å². The second kappa shape index (κ2) is 8.86. The van der Waals surface area contributed by atoms with Crippen molar-refractivity contribution < 1.29 is 19.4 Å². The summed E-state index contributed by atoms with van der Waals surface area (Å²) < 4.78 is 7.01. The van der Waals surface area contributed by atoms with Gasteiger partial charge in [-0.2, -0.15) is 5.10 Å². The van der Waals surface area contributed by atoms with Crippen LogP contribution in [0.1, 0.15) is 29.8 Å². The van der Waals surface area contributed by atoms with Gasteiger partial charge < -0.3 is 15.2 Å². The molecule has 0 fully saturated rings. The van der Waals surface area contributed by atoms with E-state index in [1.54, 1.807) is 10.9 Å². The number of benzene rings is 1. The van der Waals surface area contributed by atoms with Gasteiger partial charge >= 0.3 is 5.97 Å². The fourth-order valence-electron chi connectivity index (χ4n) is 2.39. The van der Waals surface area contributed by atoms with Crippen LogP contribution in [-0.2, 0) is 17.8 Å². The molecule has 0 radical (unpaired) electrons. The molecular formula is C18H23N3O4. The van der Waals surface area contributed by atoms with Crippen molar-refractivity contribution in [1.82, 2.24) is 15.1 Å². The minimum atomic E-state index is -0.946. The Morgan fingerprint density at radius 3 is 2.56 bits per heavy atom. The first-order valence-corrected chi connectivity index (χ1v) is 8.28. The van der Waals surface area contributed by atoms with Crippen LogP contribution in [-0.4, -0.2) is 39.9 Å². The highest BCUT2D eigenvalue weighted by Crippen LogP contribution is 2.15. The molecule has 0 aliphatic carbocycles. The number of nitrogens with one attached hydrogen (secondary N) is 1. The fraction of sp³-hybridized carbons (Fsp3) is 0.389. The van der Waals surface area contributed by atoms with E-state index in [2.05, 4.69) is 10.4 Å². The summed E-state index contributed by atoms with van der Waals surface area (Å²) in [5.41, 5.74) is 1.30. The molecule has 1 aromatic carbocycles. The molecule has 7 nitrogen and oxygen atoms in total. The predicted octanol–water partition coefficient (Wildman–Crippen LogP) is 1.97. The van der Waals surface area contributed by atoms with Crippen molar-refractivity contribution in [2.75, 3.05) is 13.2 Å². The quantitative estimate of drug-likeness (QED) is 0.725. The number of carbonyl (C=O) groups excluding carboxylic acids is 1. The van der Waals surface area contributed by atoms with Crippen LogP contribution in [0.2, 0.25) is 0 Å². The Kier molecular flexibility index (Phi) is 6.56. The monoisotopic (exact) mass is 345 g/mol. The van der Waals surface area contributed by atoms with Crippen molar-refractivity contribution >= 4 is 11.9 Å². The van der Waals surface area contributed by atoms with Gasteiger partial charge in [0.2, 0.25) is 0 Å². The minimum absolute atomic E-state index is 0.0542. The summed E-state index contributed by atoms with van der Waals surface area (Å²) in [4.78, 5) is 23.6. The van der Waals surface area contributed by atoms with E-state index in [4.69, 9.17) is 4.74 Å². The highest BCUT2D eigenvalue weighted by Gasteiger charge is 2.20. The number of ether oxygens (including phenoxy) is 1. The second-order valence-electron chi connectivity index (χ2n) is 5.61. The fourth-order valence-corrected chi connectivity index (χ4v) is 2.39. The molecule has 2 rings (SSSR count). The summed E-state index contributed by atoms with van der Waals surface area (Å²) in [6.07, 6.45) is 3.44. The molecule has 0 aliphatic heterocycles. The summed E-state index contributed by atoms with van der Waals surface area (Å²) in [6.45, 7) is 5.13. The molecule has 0 bridgehead atoms. The topological polar surface area (TPSA) is 93.5 Å². The third-order valence-corrected chi connectivity index (χ3v) is 3.79. The summed E-state index contributed by atoms with van der Waals surface area (Å²) in [7, 11) is 0. The highest BCUT2D eigenvalue weighted by molar-refractivity contribution is 5.93. The third-order valence-electron chi connectivity index (χ3n) is 3.79. The molecule has 1 amide bonds. The normalized spacial score (nSPS) is 11.8. The zero-order valence-corrected chi connectivity index (χ0v) is 14.4. The van der Waals surface area contributed by atoms with Crippen molar-refractivity contribution in [2.45, 2.75) is 26.8 Å². The van der Waals surface area contributed by atoms with E-state index in [-0.39, 0.29) is 12.5 Å². The zero-order chi connectivity index (χ0) is 18.2. The lowest BCUT2D eigenvalue weighted by Crippen LogP contribution is -2.34. The average molecular weight is 345 g/mol. The standard InChI is InChI=1S/C18H23N3O4/c1-3-21-12-15(11-20-21)17(22)19-10-14(18(23)24)9-13-5-7-16(8-6-13)25-4-2/h5-8,11-12,14H,3-4,9-10H2,1-2H3,(H,19,22)(H,23,24). The SMILES string of the molecule is CCOc1ccc(CC(CNC(=O)c2cnn(CC)c2)C(=O)O)cc1. The van der Waals surface area contributed by atoms with Crippen LogP contribution in [0.5, 0.6) is 5.75 Å². The number of carboxylic acid groups (broad SMARTS) is 1. The molecule has 0 saturated heterocycles. The number of hydrogen-bond donors (Lipinski definition) is 2. The van der Waals surface area contributed by atoms with Crippen molar-refractivity contribution in [3.63, 3.8) is 0 Å². The van der Waals surface area contributed by atoms with Gasteiger partial charge in [0, 0.05) is 19.3 Å². The molecule has 0 spiro atoms. The Morgan fingerprint density at radius 2 is 2.00 bits per heavy atom. The maximum absolute atomic E-state index is 12.1. The van der Waals surface area contributed by atoms with Gasteiger partial charge in [0.1, 0.15) is 5.75 Å². The van der Waals surface area contributed by atoms with E-state index < -0.39 is 11.9 Å². The van der Waals surface area contributed by atoms with Gasteiger partial charge in [0.25, 0.3) is 5.91 Å². The lowest BCUT2D eigenvalue weighted by atomic mass is 9.99. The Morgan fingerprint density at radius 1 is 1.28 bits per heavy atom. The lowest BCUT2D eigenvalue weighted by Gasteiger charge is -2.13. The molecule has 1 atom stereocenters. The van der Waals surface area contributed by atoms with E-state index >= 15 is 0 Å². The number of hydrogen-bond acceptors (Lipinski definition) is 4. The minimum Gasteiger partial charge on any atom is -0.494 e. The summed E-state index contributed by atoms with van der Waals surface area (Å²) in [6, 6.07) is 7.31. The van der Waals surface area contributed by atoms with Crippen molar-refractivity contribution in [1.29, 1.82) is 0 Å². The molecule has 2 N–H and O–H groups in total. The first-order valence-electron chi connectivity index (χ1n) is 8.28. The van der Waals surface area contributed by atoms with Gasteiger partial charge in [-0.15, -0.1) is 0 Å². The molecule has 1 unspecified atom stereocenters. The molecule has 134 valence electrons. The van der Waals surface area contributed by atoms with Crippen LogP contribution in [0.3, 0.4) is 0 Å². The van der Waals surface area contributed by atoms with E-state index in [1.165, 1.54) is 6.20 Å². The Bertz CT molecular complexity index is 709. The zero-order valence-electron chi connectivity index (χ0n) is 14.4. The largest absolute Gasteiger partial charge is 0.494 e. The Balaban J connectivity index is 1.93. The van der Waals surface area contributed by atoms with Crippen LogP contribution in [0.25, 0.3) is 0 Å². The number of aryl methyl sites for hydroxylation is 1. The average Bonchev–Trinajstić information content (AvgIpc) is 3.09. The first-order chi connectivity index (χ1) is 12.0. The van der Waals surface area contributed by atoms with Gasteiger partial charge in [0.15, 0.2) is 0 Å². The number of aromatic nitrogens is 2. The number of rotatable bonds is 9. The van der Waals surface area contributed by atoms with Crippen molar-refractivity contribution in [3.05, 3.63) is 47.8 Å². The molecule has 7 heteroatoms. The van der Waals surface area contributed by atoms with Crippen LogP contribution >= 0.6 is 0 Å². The van der Waals surface area contributed by atoms with Crippen LogP contribution < -0.4 is 10.1 Å². The van der Waals surface area contributed by atoms with Gasteiger partial charge in [-0.1, -0.05) is 12.1 Å². The lowest BCUT2D eigenvalue weighted by molar-refractivity contribution is -0.141. The molecule has 1 heterocycles. The molecule has 0 saturated carbocycles. The molecule has 25 heavy (non-hydrogen) atoms. The summed E-state index contributed by atoms with van der Waals surface area (Å²) in [5.74, 6) is -1.22. The molecule has 2 aromatic rings. The van der Waals surface area contributed by atoms with Gasteiger partial charge in [-0.25, -0.2) is 0 Å². The van der Waals surface area contributed by atoms with Crippen LogP contribution in [0, 0.1) is 5.92 Å². The summed E-state index contributed by atoms with van der Waals surface area (Å²) in [5, 5.41) is 16.1. The van der Waals surface area contributed by atoms with Crippen molar-refractivity contribution in [3.8, 4) is 5.75 Å². The van der Waals surface area contributed by atoms with E-state index in [0.29, 0.717) is 25.1 Å². The number of carbonyl (C=O) groups is 2. The number of amides is 1. The third kappa shape index (κ3) is 5.34. The predicted molar refractivity (Wildman–Crippen MR) is 92.7 cm³/mol. The Labute approximate surface area is 146 Å². The maximum Gasteiger partial charge on any atom is 0.308 e. The van der Waals surface area contributed by atoms with Crippen LogP contribution in [0.15, 0.2) is 36.7 Å². The van der Waals surface area contributed by atoms with Crippen molar-refractivity contribution in [2.24, 2.45) is 5.92 Å². The van der Waals surface area contributed by atoms with Gasteiger partial charge in [-0.3, -0.25) is 14.3 Å². The van der Waals surface area contributed by atoms with Crippen LogP contribution in [0.4, 0.5) is 0 Å². The number of nitrogens with zero attached hydrogens (tertiary/aromatic N) is 2. The molecule has 0 aliphatic rings. The van der Waals surface area contributed by atoms with E-state index in [9.17, 15) is 14.7 Å².